The molecule has 0 spiro atoms. The zero-order valence-corrected chi connectivity index (χ0v) is 19.2. The SMILES string of the molecule is O=C(NO)[C@H]1C[C@]1(Cc1ccc(OCc2cc(-c3cccnc3)nc3ccccc23)cc1)C(=O)NO. The second kappa shape index (κ2) is 9.73. The second-order valence-electron chi connectivity index (χ2n) is 8.86. The van der Waals surface area contributed by atoms with Gasteiger partial charge < -0.3 is 4.74 Å². The molecule has 4 N–H and O–H groups in total. The van der Waals surface area contributed by atoms with E-state index in [1.807, 2.05) is 54.6 Å². The summed E-state index contributed by atoms with van der Waals surface area (Å²) in [6.45, 7) is 0.325. The lowest BCUT2D eigenvalue weighted by atomic mass is 9.93. The average molecular weight is 485 g/mol. The summed E-state index contributed by atoms with van der Waals surface area (Å²) in [7, 11) is 0. The van der Waals surface area contributed by atoms with Gasteiger partial charge in [-0.25, -0.2) is 15.9 Å². The fourth-order valence-electron chi connectivity index (χ4n) is 4.62. The number of carbonyl (C=O) groups is 2. The summed E-state index contributed by atoms with van der Waals surface area (Å²) in [6, 6.07) is 21.0. The highest BCUT2D eigenvalue weighted by Crippen LogP contribution is 2.55. The quantitative estimate of drug-likeness (QED) is 0.222. The van der Waals surface area contributed by atoms with Gasteiger partial charge in [-0.1, -0.05) is 30.3 Å². The van der Waals surface area contributed by atoms with Gasteiger partial charge in [0.1, 0.15) is 12.4 Å². The molecule has 9 nitrogen and oxygen atoms in total. The Balaban J connectivity index is 1.33. The Hall–Kier alpha value is -4.34. The van der Waals surface area contributed by atoms with E-state index in [1.54, 1.807) is 35.5 Å². The Bertz CT molecular complexity index is 1410. The number of benzene rings is 2. The van der Waals surface area contributed by atoms with Crippen molar-refractivity contribution in [1.29, 1.82) is 0 Å². The maximum atomic E-state index is 12.2. The van der Waals surface area contributed by atoms with Gasteiger partial charge in [0.25, 0.3) is 5.91 Å². The molecular weight excluding hydrogens is 460 g/mol. The van der Waals surface area contributed by atoms with Gasteiger partial charge >= 0.3 is 0 Å². The number of amides is 2. The number of fused-ring (bicyclic) bond motifs is 1. The van der Waals surface area contributed by atoms with Crippen molar-refractivity contribution in [2.24, 2.45) is 11.3 Å². The molecule has 0 aliphatic heterocycles. The van der Waals surface area contributed by atoms with Crippen molar-refractivity contribution in [3.05, 3.63) is 90.3 Å². The minimum Gasteiger partial charge on any atom is -0.489 e. The Morgan fingerprint density at radius 1 is 1.03 bits per heavy atom. The molecule has 5 rings (SSSR count). The summed E-state index contributed by atoms with van der Waals surface area (Å²) in [6.07, 6.45) is 3.97. The summed E-state index contributed by atoms with van der Waals surface area (Å²) in [5, 5.41) is 19.0. The van der Waals surface area contributed by atoms with Crippen molar-refractivity contribution >= 4 is 22.7 Å². The minimum atomic E-state index is -1.09. The molecule has 0 radical (unpaired) electrons. The molecule has 0 bridgehead atoms. The van der Waals surface area contributed by atoms with Gasteiger partial charge in [-0.05, 0) is 54.8 Å². The molecule has 2 atom stereocenters. The van der Waals surface area contributed by atoms with Crippen LogP contribution in [0.1, 0.15) is 17.5 Å². The standard InChI is InChI=1S/C27H24N4O5/c32-25(30-34)22-14-27(22,26(33)31-35)13-17-7-9-20(10-8-17)36-16-19-12-24(18-4-3-11-28-15-18)29-23-6-2-1-5-21(19)23/h1-12,15,22,34-35H,13-14,16H2,(H,30,32)(H,31,33)/t22-,27+/m1/s1. The third-order valence-electron chi connectivity index (χ3n) is 6.65. The van der Waals surface area contributed by atoms with Crippen LogP contribution in [-0.4, -0.2) is 32.2 Å². The number of para-hydroxylation sites is 1. The number of ether oxygens (including phenoxy) is 1. The first-order valence-electron chi connectivity index (χ1n) is 11.4. The van der Waals surface area contributed by atoms with Gasteiger partial charge in [0.05, 0.1) is 22.5 Å². The molecule has 1 aliphatic rings. The fourth-order valence-corrected chi connectivity index (χ4v) is 4.62. The first kappa shape index (κ1) is 23.4. The van der Waals surface area contributed by atoms with Gasteiger partial charge in [-0.3, -0.25) is 25.0 Å². The molecule has 2 aromatic heterocycles. The summed E-state index contributed by atoms with van der Waals surface area (Å²) >= 11 is 0. The third-order valence-corrected chi connectivity index (χ3v) is 6.65. The van der Waals surface area contributed by atoms with E-state index in [2.05, 4.69) is 4.98 Å². The lowest BCUT2D eigenvalue weighted by molar-refractivity contribution is -0.139. The number of hydrogen-bond donors (Lipinski definition) is 4. The van der Waals surface area contributed by atoms with Crippen molar-refractivity contribution in [2.45, 2.75) is 19.4 Å². The van der Waals surface area contributed by atoms with Gasteiger partial charge in [-0.2, -0.15) is 0 Å². The van der Waals surface area contributed by atoms with Crippen LogP contribution in [0.15, 0.2) is 79.1 Å². The molecular formula is C27H24N4O5. The van der Waals surface area contributed by atoms with Crippen LogP contribution in [0.4, 0.5) is 0 Å². The second-order valence-corrected chi connectivity index (χ2v) is 8.86. The van der Waals surface area contributed by atoms with E-state index >= 15 is 0 Å². The van der Waals surface area contributed by atoms with Gasteiger partial charge in [0.15, 0.2) is 0 Å². The maximum absolute atomic E-state index is 12.2. The Morgan fingerprint density at radius 3 is 2.56 bits per heavy atom. The number of carbonyl (C=O) groups excluding carboxylic acids is 2. The number of nitrogens with zero attached hydrogens (tertiary/aromatic N) is 2. The highest BCUT2D eigenvalue weighted by molar-refractivity contribution is 5.95. The zero-order valence-electron chi connectivity index (χ0n) is 19.2. The number of pyridine rings is 2. The smallest absolute Gasteiger partial charge is 0.250 e. The van der Waals surface area contributed by atoms with Crippen LogP contribution in [0.25, 0.3) is 22.2 Å². The summed E-state index contributed by atoms with van der Waals surface area (Å²) in [5.74, 6) is -1.36. The van der Waals surface area contributed by atoms with E-state index in [0.29, 0.717) is 12.4 Å². The molecule has 1 aliphatic carbocycles. The molecule has 1 fully saturated rings. The molecule has 36 heavy (non-hydrogen) atoms. The highest BCUT2D eigenvalue weighted by Gasteiger charge is 2.63. The molecule has 0 saturated heterocycles. The summed E-state index contributed by atoms with van der Waals surface area (Å²) in [5.41, 5.74) is 6.52. The van der Waals surface area contributed by atoms with Crippen LogP contribution < -0.4 is 15.7 Å². The average Bonchev–Trinajstić information content (AvgIpc) is 3.67. The first-order valence-corrected chi connectivity index (χ1v) is 11.4. The molecule has 182 valence electrons. The van der Waals surface area contributed by atoms with Crippen molar-refractivity contribution in [1.82, 2.24) is 20.9 Å². The van der Waals surface area contributed by atoms with Crippen molar-refractivity contribution in [3.8, 4) is 17.0 Å². The highest BCUT2D eigenvalue weighted by atomic mass is 16.5. The van der Waals surface area contributed by atoms with Crippen LogP contribution in [0.3, 0.4) is 0 Å². The molecule has 2 amide bonds. The number of nitrogens with one attached hydrogen (secondary N) is 2. The predicted molar refractivity (Wildman–Crippen MR) is 130 cm³/mol. The van der Waals surface area contributed by atoms with E-state index < -0.39 is 23.1 Å². The van der Waals surface area contributed by atoms with E-state index in [-0.39, 0.29) is 12.8 Å². The monoisotopic (exact) mass is 484 g/mol. The van der Waals surface area contributed by atoms with E-state index in [4.69, 9.17) is 20.1 Å². The van der Waals surface area contributed by atoms with E-state index in [1.165, 1.54) is 0 Å². The van der Waals surface area contributed by atoms with Crippen LogP contribution in [0.2, 0.25) is 0 Å². The number of hydroxylamine groups is 2. The van der Waals surface area contributed by atoms with Gasteiger partial charge in [0.2, 0.25) is 5.91 Å². The fraction of sp³-hybridized carbons (Fsp3) is 0.185. The minimum absolute atomic E-state index is 0.235. The molecule has 9 heteroatoms. The van der Waals surface area contributed by atoms with Crippen molar-refractivity contribution in [2.75, 3.05) is 0 Å². The lowest BCUT2D eigenvalue weighted by Crippen LogP contribution is -2.35. The largest absolute Gasteiger partial charge is 0.489 e. The summed E-state index contributed by atoms with van der Waals surface area (Å²) < 4.78 is 6.08. The molecule has 2 aromatic carbocycles. The first-order chi connectivity index (χ1) is 17.5. The predicted octanol–water partition coefficient (Wildman–Crippen LogP) is 3.44. The lowest BCUT2D eigenvalue weighted by Gasteiger charge is -2.15. The van der Waals surface area contributed by atoms with Crippen LogP contribution in [-0.2, 0) is 22.6 Å². The zero-order chi connectivity index (χ0) is 25.1. The van der Waals surface area contributed by atoms with Crippen LogP contribution >= 0.6 is 0 Å². The van der Waals surface area contributed by atoms with E-state index in [0.717, 1.165) is 33.3 Å². The van der Waals surface area contributed by atoms with E-state index in [9.17, 15) is 9.59 Å². The summed E-state index contributed by atoms with van der Waals surface area (Å²) in [4.78, 5) is 33.0. The number of aromatic nitrogens is 2. The van der Waals surface area contributed by atoms with Gasteiger partial charge in [0, 0.05) is 28.9 Å². The number of rotatable bonds is 8. The van der Waals surface area contributed by atoms with Crippen LogP contribution in [0, 0.1) is 11.3 Å². The maximum Gasteiger partial charge on any atom is 0.250 e. The molecule has 0 unspecified atom stereocenters. The molecule has 1 saturated carbocycles. The Labute approximate surface area is 206 Å². The van der Waals surface area contributed by atoms with Gasteiger partial charge in [-0.15, -0.1) is 0 Å². The normalized spacial score (nSPS) is 18.4. The van der Waals surface area contributed by atoms with Crippen LogP contribution in [0.5, 0.6) is 5.75 Å². The topological polar surface area (TPSA) is 134 Å². The molecule has 2 heterocycles. The Morgan fingerprint density at radius 2 is 1.83 bits per heavy atom. The number of hydrogen-bond acceptors (Lipinski definition) is 7. The Kier molecular flexibility index (Phi) is 6.32. The van der Waals surface area contributed by atoms with Crippen molar-refractivity contribution < 1.29 is 24.7 Å². The third kappa shape index (κ3) is 4.49. The molecule has 4 aromatic rings. The van der Waals surface area contributed by atoms with Crippen molar-refractivity contribution in [3.63, 3.8) is 0 Å².